The van der Waals surface area contributed by atoms with Crippen LogP contribution >= 0.6 is 22.6 Å². The van der Waals surface area contributed by atoms with Gasteiger partial charge in [0.15, 0.2) is 0 Å². The van der Waals surface area contributed by atoms with Crippen LogP contribution in [0.25, 0.3) is 0 Å². The molecule has 0 saturated carbocycles. The third kappa shape index (κ3) is 6.91. The molecule has 0 aliphatic carbocycles. The zero-order valence-electron chi connectivity index (χ0n) is 21.0. The van der Waals surface area contributed by atoms with Gasteiger partial charge in [0.05, 0.1) is 0 Å². The van der Waals surface area contributed by atoms with Crippen LogP contribution in [0.15, 0.2) is 11.6 Å². The first-order chi connectivity index (χ1) is 18.7. The lowest BCUT2D eigenvalue weighted by molar-refractivity contribution is -0.474. The molecule has 0 radical (unpaired) electrons. The van der Waals surface area contributed by atoms with Crippen LogP contribution in [0.2, 0.25) is 0 Å². The number of halogens is 22. The Bertz CT molecular complexity index is 947. The van der Waals surface area contributed by atoms with E-state index in [1.165, 1.54) is 0 Å². The molecule has 0 atom stereocenters. The monoisotopic (exact) mass is 798 g/mol. The Balaban J connectivity index is 6.88. The topological polar surface area (TPSA) is 0 Å². The standard InChI is InChI=1S/C21H20F21I/c1-2-3-4-5-7-11(8-6-9-43)10-12(22,23)13(24,25)14(26,27)15(28,29)16(30,31)17(32,33)18(34,35)19(36,37)20(38,39)21(40,41)42/h8H,2-7,9-10H2,1H3/b11-8-. The van der Waals surface area contributed by atoms with Crippen molar-refractivity contribution < 1.29 is 92.2 Å². The van der Waals surface area contributed by atoms with Crippen molar-refractivity contribution in [2.45, 2.75) is 111 Å². The molecule has 0 nitrogen and oxygen atoms in total. The minimum atomic E-state index is -9.15. The number of hydrogen-bond donors (Lipinski definition) is 0. The second kappa shape index (κ2) is 13.0. The summed E-state index contributed by atoms with van der Waals surface area (Å²) in [6, 6.07) is 0. The molecule has 0 aromatic rings. The SMILES string of the molecule is CCCCCC/C(=C/CCI)CC(F)(F)C(F)(F)C(F)(F)C(F)(F)C(F)(F)C(F)(F)C(F)(F)C(F)(F)C(F)(F)C(F)(F)F. The molecule has 0 N–H and O–H groups in total. The molecule has 258 valence electrons. The number of alkyl halides is 22. The second-order valence-corrected chi connectivity index (χ2v) is 10.2. The highest BCUT2D eigenvalue weighted by molar-refractivity contribution is 14.1. The highest BCUT2D eigenvalue weighted by Gasteiger charge is 2.97. The van der Waals surface area contributed by atoms with Crippen molar-refractivity contribution in [2.75, 3.05) is 4.43 Å². The van der Waals surface area contributed by atoms with Gasteiger partial charge in [-0.2, -0.15) is 92.2 Å². The van der Waals surface area contributed by atoms with E-state index in [9.17, 15) is 92.2 Å². The van der Waals surface area contributed by atoms with Gasteiger partial charge in [0.2, 0.25) is 0 Å². The summed E-state index contributed by atoms with van der Waals surface area (Å²) in [5.74, 6) is -76.6. The lowest BCUT2D eigenvalue weighted by Gasteiger charge is -2.44. The number of unbranched alkanes of at least 4 members (excludes halogenated alkanes) is 3. The predicted molar refractivity (Wildman–Crippen MR) is 116 cm³/mol. The van der Waals surface area contributed by atoms with Crippen LogP contribution < -0.4 is 0 Å². The minimum absolute atomic E-state index is 0.0694. The molecule has 0 saturated heterocycles. The molecule has 0 rings (SSSR count). The highest BCUT2D eigenvalue weighted by Crippen LogP contribution is 2.66. The summed E-state index contributed by atoms with van der Waals surface area (Å²) in [5, 5.41) is 0. The van der Waals surface area contributed by atoms with Gasteiger partial charge in [-0.1, -0.05) is 60.4 Å². The lowest BCUT2D eigenvalue weighted by atomic mass is 9.85. The first-order valence-electron chi connectivity index (χ1n) is 11.5. The molecule has 0 aromatic heterocycles. The third-order valence-corrected chi connectivity index (χ3v) is 6.54. The van der Waals surface area contributed by atoms with E-state index in [-0.39, 0.29) is 23.7 Å². The zero-order valence-corrected chi connectivity index (χ0v) is 23.2. The molecule has 0 aromatic carbocycles. The van der Waals surface area contributed by atoms with E-state index in [2.05, 4.69) is 0 Å². The molecule has 0 spiro atoms. The van der Waals surface area contributed by atoms with E-state index in [1.54, 1.807) is 29.5 Å². The Morgan fingerprint density at radius 3 is 1.16 bits per heavy atom. The van der Waals surface area contributed by atoms with Crippen LogP contribution in [-0.2, 0) is 0 Å². The minimum Gasteiger partial charge on any atom is -0.199 e. The summed E-state index contributed by atoms with van der Waals surface area (Å²) >= 11 is 1.61. The predicted octanol–water partition coefficient (Wildman–Crippen LogP) is 11.4. The summed E-state index contributed by atoms with van der Waals surface area (Å²) in [5.41, 5.74) is -0.853. The van der Waals surface area contributed by atoms with Crippen LogP contribution in [0.1, 0.15) is 51.9 Å². The first-order valence-corrected chi connectivity index (χ1v) is 13.0. The highest BCUT2D eigenvalue weighted by atomic mass is 127. The molecule has 0 aliphatic rings. The normalized spacial score (nSPS) is 16.2. The van der Waals surface area contributed by atoms with Crippen molar-refractivity contribution >= 4 is 22.6 Å². The maximum atomic E-state index is 14.3. The van der Waals surface area contributed by atoms with Gasteiger partial charge in [-0.15, -0.1) is 0 Å². The third-order valence-electron chi connectivity index (χ3n) is 5.92. The van der Waals surface area contributed by atoms with Crippen molar-refractivity contribution in [3.05, 3.63) is 11.6 Å². The molecule has 0 aliphatic heterocycles. The molecule has 0 amide bonds. The fourth-order valence-electron chi connectivity index (χ4n) is 3.29. The Kier molecular flexibility index (Phi) is 12.7. The van der Waals surface area contributed by atoms with Crippen molar-refractivity contribution in [2.24, 2.45) is 0 Å². The molecule has 0 fully saturated rings. The van der Waals surface area contributed by atoms with E-state index >= 15 is 0 Å². The Morgan fingerprint density at radius 1 is 0.488 bits per heavy atom. The Hall–Kier alpha value is -1.00. The zero-order chi connectivity index (χ0) is 34.9. The van der Waals surface area contributed by atoms with E-state index in [4.69, 9.17) is 0 Å². The largest absolute Gasteiger partial charge is 0.460 e. The van der Waals surface area contributed by atoms with Gasteiger partial charge in [-0.05, 0) is 19.3 Å². The molecule has 22 heteroatoms. The fraction of sp³-hybridized carbons (Fsp3) is 0.905. The molecular weight excluding hydrogens is 778 g/mol. The van der Waals surface area contributed by atoms with Crippen LogP contribution in [0, 0.1) is 0 Å². The maximum Gasteiger partial charge on any atom is 0.460 e. The smallest absolute Gasteiger partial charge is 0.199 e. The van der Waals surface area contributed by atoms with Gasteiger partial charge in [0.25, 0.3) is 0 Å². The average molecular weight is 798 g/mol. The summed E-state index contributed by atoms with van der Waals surface area (Å²) in [6.45, 7) is 1.65. The van der Waals surface area contributed by atoms with Gasteiger partial charge in [-0.25, -0.2) is 0 Å². The Morgan fingerprint density at radius 2 is 0.837 bits per heavy atom. The molecule has 0 unspecified atom stereocenters. The van der Waals surface area contributed by atoms with Crippen LogP contribution in [-0.4, -0.2) is 63.9 Å². The molecular formula is C21H20F21I. The van der Waals surface area contributed by atoms with Crippen molar-refractivity contribution in [3.63, 3.8) is 0 Å². The number of allylic oxidation sites excluding steroid dienone is 2. The van der Waals surface area contributed by atoms with Crippen molar-refractivity contribution in [1.29, 1.82) is 0 Å². The van der Waals surface area contributed by atoms with Gasteiger partial charge in [-0.3, -0.25) is 0 Å². The quantitative estimate of drug-likeness (QED) is 0.0452. The lowest BCUT2D eigenvalue weighted by Crippen LogP contribution is -2.76. The molecule has 0 heterocycles. The summed E-state index contributed by atoms with van der Waals surface area (Å²) < 4.78 is 284. The average Bonchev–Trinajstić information content (AvgIpc) is 2.83. The van der Waals surface area contributed by atoms with Gasteiger partial charge >= 0.3 is 59.5 Å². The van der Waals surface area contributed by atoms with Crippen molar-refractivity contribution in [3.8, 4) is 0 Å². The maximum absolute atomic E-state index is 14.3. The summed E-state index contributed by atoms with van der Waals surface area (Å²) in [6.07, 6.45) is -9.61. The van der Waals surface area contributed by atoms with Gasteiger partial charge < -0.3 is 0 Å². The number of hydrogen-bond acceptors (Lipinski definition) is 0. The van der Waals surface area contributed by atoms with E-state index < -0.39 is 77.9 Å². The van der Waals surface area contributed by atoms with Crippen LogP contribution in [0.5, 0.6) is 0 Å². The van der Waals surface area contributed by atoms with Crippen LogP contribution in [0.3, 0.4) is 0 Å². The first kappa shape index (κ1) is 42.0. The Labute approximate surface area is 242 Å². The van der Waals surface area contributed by atoms with Gasteiger partial charge in [0.1, 0.15) is 0 Å². The molecule has 0 bridgehead atoms. The van der Waals surface area contributed by atoms with E-state index in [0.717, 1.165) is 6.08 Å². The van der Waals surface area contributed by atoms with E-state index in [0.29, 0.717) is 12.8 Å². The second-order valence-electron chi connectivity index (χ2n) is 9.12. The summed E-state index contributed by atoms with van der Waals surface area (Å²) in [7, 11) is 0. The fourth-order valence-corrected chi connectivity index (χ4v) is 3.60. The number of rotatable bonds is 17. The van der Waals surface area contributed by atoms with E-state index in [1.807, 2.05) is 0 Å². The van der Waals surface area contributed by atoms with Crippen LogP contribution in [0.4, 0.5) is 92.2 Å². The van der Waals surface area contributed by atoms with Crippen molar-refractivity contribution in [1.82, 2.24) is 0 Å². The summed E-state index contributed by atoms with van der Waals surface area (Å²) in [4.78, 5) is 0. The van der Waals surface area contributed by atoms with Gasteiger partial charge in [0, 0.05) is 10.8 Å². The molecule has 43 heavy (non-hydrogen) atoms.